The molecule has 3 nitrogen and oxygen atoms in total. The second-order valence-electron chi connectivity index (χ2n) is 5.46. The summed E-state index contributed by atoms with van der Waals surface area (Å²) >= 11 is 15.3. The lowest BCUT2D eigenvalue weighted by molar-refractivity contribution is 0.102. The zero-order valence-corrected chi connectivity index (χ0v) is 16.4. The van der Waals surface area contributed by atoms with E-state index >= 15 is 0 Å². The molecule has 6 heteroatoms. The lowest BCUT2D eigenvalue weighted by atomic mass is 10.0. The number of carbonyl (C=O) groups is 2. The number of halogens is 3. The summed E-state index contributed by atoms with van der Waals surface area (Å²) in [6.07, 6.45) is 0. The fourth-order valence-electron chi connectivity index (χ4n) is 2.42. The minimum atomic E-state index is -0.420. The van der Waals surface area contributed by atoms with Gasteiger partial charge < -0.3 is 5.32 Å². The van der Waals surface area contributed by atoms with E-state index in [1.807, 2.05) is 6.07 Å². The first-order valence-electron chi connectivity index (χ1n) is 7.61. The molecule has 1 N–H and O–H groups in total. The van der Waals surface area contributed by atoms with Gasteiger partial charge in [0.2, 0.25) is 0 Å². The molecule has 0 atom stereocenters. The van der Waals surface area contributed by atoms with Gasteiger partial charge in [0.05, 0.1) is 16.3 Å². The molecule has 0 aromatic heterocycles. The van der Waals surface area contributed by atoms with Gasteiger partial charge >= 0.3 is 0 Å². The molecule has 0 saturated heterocycles. The molecule has 3 aromatic rings. The van der Waals surface area contributed by atoms with E-state index in [9.17, 15) is 9.59 Å². The zero-order chi connectivity index (χ0) is 18.7. The molecule has 3 aromatic carbocycles. The quantitative estimate of drug-likeness (QED) is 0.480. The van der Waals surface area contributed by atoms with Gasteiger partial charge in [0.15, 0.2) is 5.78 Å². The summed E-state index contributed by atoms with van der Waals surface area (Å²) in [6.45, 7) is 0. The van der Waals surface area contributed by atoms with Gasteiger partial charge in [-0.1, -0.05) is 69.5 Å². The molecule has 0 aliphatic carbocycles. The highest BCUT2D eigenvalue weighted by Crippen LogP contribution is 2.26. The number of hydrogen-bond acceptors (Lipinski definition) is 2. The molecular formula is C20H12BrCl2NO2. The van der Waals surface area contributed by atoms with Gasteiger partial charge in [-0.2, -0.15) is 0 Å². The summed E-state index contributed by atoms with van der Waals surface area (Å²) in [5.41, 5.74) is 1.59. The smallest absolute Gasteiger partial charge is 0.257 e. The van der Waals surface area contributed by atoms with Gasteiger partial charge in [-0.3, -0.25) is 9.59 Å². The van der Waals surface area contributed by atoms with Crippen molar-refractivity contribution < 1.29 is 9.59 Å². The van der Waals surface area contributed by atoms with Crippen molar-refractivity contribution in [3.05, 3.63) is 97.9 Å². The van der Waals surface area contributed by atoms with Crippen LogP contribution in [0.25, 0.3) is 0 Å². The van der Waals surface area contributed by atoms with Crippen molar-refractivity contribution in [3.63, 3.8) is 0 Å². The Labute approximate surface area is 169 Å². The largest absolute Gasteiger partial charge is 0.321 e. The Morgan fingerprint density at radius 1 is 0.846 bits per heavy atom. The van der Waals surface area contributed by atoms with E-state index in [0.717, 1.165) is 4.47 Å². The van der Waals surface area contributed by atoms with E-state index in [1.54, 1.807) is 48.5 Å². The molecule has 0 saturated carbocycles. The molecule has 0 aliphatic rings. The predicted octanol–water partition coefficient (Wildman–Crippen LogP) is 6.24. The molecule has 0 heterocycles. The minimum absolute atomic E-state index is 0.190. The molecule has 0 fully saturated rings. The van der Waals surface area contributed by atoms with Crippen molar-refractivity contribution in [2.75, 3.05) is 5.32 Å². The maximum Gasteiger partial charge on any atom is 0.257 e. The third-order valence-electron chi connectivity index (χ3n) is 3.69. The summed E-state index contributed by atoms with van der Waals surface area (Å²) in [5.74, 6) is -0.611. The number of benzene rings is 3. The second-order valence-corrected chi connectivity index (χ2v) is 7.22. The van der Waals surface area contributed by atoms with Crippen LogP contribution >= 0.6 is 39.1 Å². The Balaban J connectivity index is 1.95. The summed E-state index contributed by atoms with van der Waals surface area (Å²) in [5, 5.41) is 3.44. The zero-order valence-electron chi connectivity index (χ0n) is 13.3. The summed E-state index contributed by atoms with van der Waals surface area (Å²) in [7, 11) is 0. The van der Waals surface area contributed by atoms with Crippen LogP contribution in [0.15, 0.2) is 71.2 Å². The van der Waals surface area contributed by atoms with Crippen molar-refractivity contribution >= 4 is 56.5 Å². The van der Waals surface area contributed by atoms with Crippen LogP contribution in [0.3, 0.4) is 0 Å². The van der Waals surface area contributed by atoms with Crippen molar-refractivity contribution in [2.45, 2.75) is 0 Å². The summed E-state index contributed by atoms with van der Waals surface area (Å²) in [4.78, 5) is 25.4. The average Bonchev–Trinajstić information content (AvgIpc) is 2.63. The van der Waals surface area contributed by atoms with E-state index in [4.69, 9.17) is 23.2 Å². The van der Waals surface area contributed by atoms with Crippen LogP contribution in [0.2, 0.25) is 10.0 Å². The minimum Gasteiger partial charge on any atom is -0.321 e. The molecule has 26 heavy (non-hydrogen) atoms. The fraction of sp³-hybridized carbons (Fsp3) is 0. The van der Waals surface area contributed by atoms with Crippen LogP contribution in [0, 0.1) is 0 Å². The van der Waals surface area contributed by atoms with E-state index in [1.165, 1.54) is 12.1 Å². The fourth-order valence-corrected chi connectivity index (χ4v) is 3.28. The van der Waals surface area contributed by atoms with E-state index in [2.05, 4.69) is 21.2 Å². The highest BCUT2D eigenvalue weighted by molar-refractivity contribution is 9.10. The van der Waals surface area contributed by atoms with Gasteiger partial charge in [-0.15, -0.1) is 0 Å². The molecular weight excluding hydrogens is 437 g/mol. The number of ketones is 1. The molecule has 3 rings (SSSR count). The molecule has 0 radical (unpaired) electrons. The van der Waals surface area contributed by atoms with Crippen molar-refractivity contribution in [1.82, 2.24) is 0 Å². The van der Waals surface area contributed by atoms with Crippen molar-refractivity contribution in [3.8, 4) is 0 Å². The Morgan fingerprint density at radius 2 is 1.58 bits per heavy atom. The third-order valence-corrected chi connectivity index (χ3v) is 4.73. The number of hydrogen-bond donors (Lipinski definition) is 1. The molecule has 0 bridgehead atoms. The SMILES string of the molecule is O=C(Nc1ccc(Br)cc1C(=O)c1ccccc1)c1ccc(Cl)cc1Cl. The first kappa shape index (κ1) is 18.6. The van der Waals surface area contributed by atoms with Crippen LogP contribution in [-0.4, -0.2) is 11.7 Å². The molecule has 0 unspecified atom stereocenters. The molecule has 0 aliphatic heterocycles. The first-order valence-corrected chi connectivity index (χ1v) is 9.16. The predicted molar refractivity (Wildman–Crippen MR) is 108 cm³/mol. The summed E-state index contributed by atoms with van der Waals surface area (Å²) < 4.78 is 0.735. The van der Waals surface area contributed by atoms with Crippen LogP contribution in [0.1, 0.15) is 26.3 Å². The van der Waals surface area contributed by atoms with Gasteiger partial charge in [-0.05, 0) is 36.4 Å². The second kappa shape index (κ2) is 8.04. The normalized spacial score (nSPS) is 10.4. The Hall–Kier alpha value is -2.14. The lowest BCUT2D eigenvalue weighted by Crippen LogP contribution is -2.15. The topological polar surface area (TPSA) is 46.2 Å². The number of nitrogens with one attached hydrogen (secondary N) is 1. The van der Waals surface area contributed by atoms with Gasteiger partial charge in [-0.25, -0.2) is 0 Å². The van der Waals surface area contributed by atoms with Crippen LogP contribution in [0.4, 0.5) is 5.69 Å². The van der Waals surface area contributed by atoms with Gasteiger partial charge in [0.1, 0.15) is 0 Å². The Kier molecular flexibility index (Phi) is 5.77. The maximum atomic E-state index is 12.8. The van der Waals surface area contributed by atoms with Crippen LogP contribution < -0.4 is 5.32 Å². The number of anilines is 1. The highest BCUT2D eigenvalue weighted by Gasteiger charge is 2.18. The number of rotatable bonds is 4. The molecule has 0 spiro atoms. The maximum absolute atomic E-state index is 12.8. The van der Waals surface area contributed by atoms with E-state index in [0.29, 0.717) is 21.8 Å². The Bertz CT molecular complexity index is 990. The van der Waals surface area contributed by atoms with Gasteiger partial charge in [0.25, 0.3) is 5.91 Å². The van der Waals surface area contributed by atoms with Gasteiger partial charge in [0, 0.05) is 20.6 Å². The van der Waals surface area contributed by atoms with Crippen molar-refractivity contribution in [2.24, 2.45) is 0 Å². The summed E-state index contributed by atoms with van der Waals surface area (Å²) in [6, 6.07) is 18.6. The highest BCUT2D eigenvalue weighted by atomic mass is 79.9. The van der Waals surface area contributed by atoms with E-state index in [-0.39, 0.29) is 16.4 Å². The molecule has 1 amide bonds. The number of carbonyl (C=O) groups excluding carboxylic acids is 2. The monoisotopic (exact) mass is 447 g/mol. The molecule has 130 valence electrons. The van der Waals surface area contributed by atoms with Crippen molar-refractivity contribution in [1.29, 1.82) is 0 Å². The van der Waals surface area contributed by atoms with E-state index < -0.39 is 5.91 Å². The third kappa shape index (κ3) is 4.15. The standard InChI is InChI=1S/C20H12BrCl2NO2/c21-13-6-9-18(16(10-13)19(25)12-4-2-1-3-5-12)24-20(26)15-8-7-14(22)11-17(15)23/h1-11H,(H,24,26). The van der Waals surface area contributed by atoms with Crippen LogP contribution in [-0.2, 0) is 0 Å². The number of amides is 1. The first-order chi connectivity index (χ1) is 12.5. The lowest BCUT2D eigenvalue weighted by Gasteiger charge is -2.12. The van der Waals surface area contributed by atoms with Crippen LogP contribution in [0.5, 0.6) is 0 Å². The average molecular weight is 449 g/mol. The Morgan fingerprint density at radius 3 is 2.27 bits per heavy atom.